The van der Waals surface area contributed by atoms with E-state index in [1.54, 1.807) is 12.1 Å². The van der Waals surface area contributed by atoms with Crippen LogP contribution in [0.25, 0.3) is 11.4 Å². The number of hydrogen-bond acceptors (Lipinski definition) is 7. The second kappa shape index (κ2) is 7.05. The Hall–Kier alpha value is -2.00. The number of hydrogen-bond donors (Lipinski definition) is 0. The third kappa shape index (κ3) is 3.85. The maximum atomic E-state index is 10.8. The fourth-order valence-electron chi connectivity index (χ4n) is 2.30. The summed E-state index contributed by atoms with van der Waals surface area (Å²) in [5, 5.41) is 14.7. The summed E-state index contributed by atoms with van der Waals surface area (Å²) >= 11 is 6.88. The van der Waals surface area contributed by atoms with Crippen molar-refractivity contribution in [3.05, 3.63) is 40.3 Å². The zero-order chi connectivity index (χ0) is 16.2. The summed E-state index contributed by atoms with van der Waals surface area (Å²) in [6.07, 6.45) is 2.36. The third-order valence-corrected chi connectivity index (χ3v) is 4.97. The first kappa shape index (κ1) is 15.9. The molecule has 1 fully saturated rings. The maximum absolute atomic E-state index is 10.8. The molecule has 9 heteroatoms. The summed E-state index contributed by atoms with van der Waals surface area (Å²) in [6.45, 7) is 2.02. The molecule has 0 aliphatic carbocycles. The van der Waals surface area contributed by atoms with E-state index in [0.29, 0.717) is 23.0 Å². The highest BCUT2D eigenvalue weighted by molar-refractivity contribution is 8.22. The Labute approximate surface area is 142 Å². The molecule has 1 saturated heterocycles. The van der Waals surface area contributed by atoms with Gasteiger partial charge in [0.2, 0.25) is 11.7 Å². The lowest BCUT2D eigenvalue weighted by Crippen LogP contribution is -2.23. The summed E-state index contributed by atoms with van der Waals surface area (Å²) in [4.78, 5) is 16.8. The number of likely N-dealkylation sites (tertiary alicyclic amines) is 1. The van der Waals surface area contributed by atoms with E-state index in [-0.39, 0.29) is 5.69 Å². The normalized spacial score (nSPS) is 14.2. The van der Waals surface area contributed by atoms with E-state index in [1.165, 1.54) is 36.7 Å². The van der Waals surface area contributed by atoms with Crippen LogP contribution in [0.15, 0.2) is 28.8 Å². The largest absolute Gasteiger partial charge is 0.358 e. The van der Waals surface area contributed by atoms with E-state index in [0.717, 1.165) is 17.4 Å². The molecule has 0 bridgehead atoms. The quantitative estimate of drug-likeness (QED) is 0.472. The maximum Gasteiger partial charge on any atom is 0.270 e. The minimum atomic E-state index is -0.450. The molecule has 1 aliphatic rings. The molecule has 0 spiro atoms. The van der Waals surface area contributed by atoms with E-state index in [4.69, 9.17) is 16.7 Å². The Morgan fingerprint density at radius 2 is 2.22 bits per heavy atom. The van der Waals surface area contributed by atoms with Crippen LogP contribution in [0.3, 0.4) is 0 Å². The fraction of sp³-hybridized carbons (Fsp3) is 0.357. The van der Waals surface area contributed by atoms with Gasteiger partial charge >= 0.3 is 0 Å². The average molecular weight is 350 g/mol. The lowest BCUT2D eigenvalue weighted by atomic mass is 10.2. The first-order valence-electron chi connectivity index (χ1n) is 7.12. The SMILES string of the molecule is O=[N+]([O-])c1cccc(-c2noc(CSC(=S)N3CCCC3)n2)c1. The molecule has 120 valence electrons. The molecule has 0 atom stereocenters. The molecule has 2 heterocycles. The van der Waals surface area contributed by atoms with Gasteiger partial charge in [0.25, 0.3) is 5.69 Å². The first-order chi connectivity index (χ1) is 11.1. The number of nitro benzene ring substituents is 1. The van der Waals surface area contributed by atoms with Crippen molar-refractivity contribution in [3.63, 3.8) is 0 Å². The minimum Gasteiger partial charge on any atom is -0.358 e. The number of rotatable bonds is 4. The van der Waals surface area contributed by atoms with Crippen LogP contribution in [0.1, 0.15) is 18.7 Å². The van der Waals surface area contributed by atoms with Crippen LogP contribution in [-0.4, -0.2) is 37.4 Å². The molecular formula is C14H14N4O3S2. The molecule has 1 aromatic heterocycles. The van der Waals surface area contributed by atoms with E-state index < -0.39 is 4.92 Å². The molecule has 1 aliphatic heterocycles. The monoisotopic (exact) mass is 350 g/mol. The Morgan fingerprint density at radius 3 is 2.96 bits per heavy atom. The number of benzene rings is 1. The van der Waals surface area contributed by atoms with Crippen molar-refractivity contribution in [2.45, 2.75) is 18.6 Å². The highest BCUT2D eigenvalue weighted by Crippen LogP contribution is 2.23. The number of non-ortho nitro benzene ring substituents is 1. The topological polar surface area (TPSA) is 85.3 Å². The van der Waals surface area contributed by atoms with Gasteiger partial charge in [0.05, 0.1) is 10.7 Å². The Kier molecular flexibility index (Phi) is 4.87. The Balaban J connectivity index is 1.64. The van der Waals surface area contributed by atoms with Crippen LogP contribution >= 0.6 is 24.0 Å². The molecule has 3 rings (SSSR count). The van der Waals surface area contributed by atoms with Crippen LogP contribution in [0, 0.1) is 10.1 Å². The summed E-state index contributed by atoms with van der Waals surface area (Å²) in [5.41, 5.74) is 0.555. The number of thiocarbonyl (C=S) groups is 1. The van der Waals surface area contributed by atoms with E-state index in [1.807, 2.05) is 0 Å². The standard InChI is InChI=1S/C14H14N4O3S2/c19-18(20)11-5-3-4-10(8-11)13-15-12(21-16-13)9-23-14(22)17-6-1-2-7-17/h3-5,8H,1-2,6-7,9H2. The van der Waals surface area contributed by atoms with Gasteiger partial charge in [-0.25, -0.2) is 0 Å². The molecule has 0 saturated carbocycles. The van der Waals surface area contributed by atoms with Gasteiger partial charge in [-0.3, -0.25) is 10.1 Å². The van der Waals surface area contributed by atoms with Gasteiger partial charge < -0.3 is 9.42 Å². The van der Waals surface area contributed by atoms with Crippen LogP contribution in [0.4, 0.5) is 5.69 Å². The zero-order valence-electron chi connectivity index (χ0n) is 12.2. The number of nitro groups is 1. The molecular weight excluding hydrogens is 336 g/mol. The van der Waals surface area contributed by atoms with Crippen LogP contribution in [0.5, 0.6) is 0 Å². The highest BCUT2D eigenvalue weighted by atomic mass is 32.2. The molecule has 23 heavy (non-hydrogen) atoms. The number of thioether (sulfide) groups is 1. The predicted octanol–water partition coefficient (Wildman–Crippen LogP) is 3.26. The van der Waals surface area contributed by atoms with Gasteiger partial charge in [-0.15, -0.1) is 0 Å². The van der Waals surface area contributed by atoms with Gasteiger partial charge in [-0.05, 0) is 12.8 Å². The minimum absolute atomic E-state index is 0.00145. The van der Waals surface area contributed by atoms with E-state index in [2.05, 4.69) is 15.0 Å². The van der Waals surface area contributed by atoms with Crippen molar-refractivity contribution >= 4 is 34.0 Å². The highest BCUT2D eigenvalue weighted by Gasteiger charge is 2.17. The molecule has 0 unspecified atom stereocenters. The molecule has 2 aromatic rings. The van der Waals surface area contributed by atoms with Crippen molar-refractivity contribution < 1.29 is 9.45 Å². The molecule has 0 radical (unpaired) electrons. The van der Waals surface area contributed by atoms with E-state index in [9.17, 15) is 10.1 Å². The first-order valence-corrected chi connectivity index (χ1v) is 8.52. The summed E-state index contributed by atoms with van der Waals surface area (Å²) < 4.78 is 6.05. The molecule has 7 nitrogen and oxygen atoms in total. The van der Waals surface area contributed by atoms with Crippen molar-refractivity contribution in [1.29, 1.82) is 0 Å². The van der Waals surface area contributed by atoms with Crippen LogP contribution in [-0.2, 0) is 5.75 Å². The second-order valence-corrected chi connectivity index (χ2v) is 6.68. The lowest BCUT2D eigenvalue weighted by Gasteiger charge is -2.16. The second-order valence-electron chi connectivity index (χ2n) is 5.07. The molecule has 0 amide bonds. The van der Waals surface area contributed by atoms with Gasteiger partial charge in [-0.1, -0.05) is 41.3 Å². The molecule has 0 N–H and O–H groups in total. The number of aromatic nitrogens is 2. The van der Waals surface area contributed by atoms with Crippen LogP contribution < -0.4 is 0 Å². The zero-order valence-corrected chi connectivity index (χ0v) is 13.8. The fourth-order valence-corrected chi connectivity index (χ4v) is 3.39. The summed E-state index contributed by atoms with van der Waals surface area (Å²) in [6, 6.07) is 6.16. The third-order valence-electron chi connectivity index (χ3n) is 3.47. The van der Waals surface area contributed by atoms with Gasteiger partial charge in [-0.2, -0.15) is 4.98 Å². The Bertz CT molecular complexity index is 728. The van der Waals surface area contributed by atoms with Gasteiger partial charge in [0.1, 0.15) is 4.32 Å². The van der Waals surface area contributed by atoms with Gasteiger partial charge in [0.15, 0.2) is 0 Å². The lowest BCUT2D eigenvalue weighted by molar-refractivity contribution is -0.384. The predicted molar refractivity (Wildman–Crippen MR) is 91.1 cm³/mol. The molecule has 1 aromatic carbocycles. The van der Waals surface area contributed by atoms with Crippen molar-refractivity contribution in [2.75, 3.05) is 13.1 Å². The smallest absolute Gasteiger partial charge is 0.270 e. The number of nitrogens with zero attached hydrogens (tertiary/aromatic N) is 4. The average Bonchev–Trinajstić information content (AvgIpc) is 3.24. The summed E-state index contributed by atoms with van der Waals surface area (Å²) in [7, 11) is 0. The van der Waals surface area contributed by atoms with Crippen molar-refractivity contribution in [2.24, 2.45) is 0 Å². The summed E-state index contributed by atoms with van der Waals surface area (Å²) in [5.74, 6) is 1.30. The van der Waals surface area contributed by atoms with Crippen molar-refractivity contribution in [3.8, 4) is 11.4 Å². The van der Waals surface area contributed by atoms with Crippen LogP contribution in [0.2, 0.25) is 0 Å². The Morgan fingerprint density at radius 1 is 1.43 bits per heavy atom. The van der Waals surface area contributed by atoms with Gasteiger partial charge in [0, 0.05) is 30.8 Å². The van der Waals surface area contributed by atoms with E-state index >= 15 is 0 Å². The van der Waals surface area contributed by atoms with Crippen molar-refractivity contribution in [1.82, 2.24) is 15.0 Å².